The van der Waals surface area contributed by atoms with Crippen LogP contribution in [-0.2, 0) is 30.8 Å². The molecule has 2 aromatic rings. The molecule has 2 atom stereocenters. The van der Waals surface area contributed by atoms with E-state index in [1.54, 1.807) is 19.1 Å². The summed E-state index contributed by atoms with van der Waals surface area (Å²) >= 11 is 0. The van der Waals surface area contributed by atoms with Gasteiger partial charge in [-0.15, -0.1) is 0 Å². The van der Waals surface area contributed by atoms with Gasteiger partial charge in [-0.1, -0.05) is 31.2 Å². The van der Waals surface area contributed by atoms with Crippen LogP contribution in [0.15, 0.2) is 53.4 Å². The summed E-state index contributed by atoms with van der Waals surface area (Å²) in [6.07, 6.45) is 2.88. The molecule has 9 heteroatoms. The number of sulfonamides is 1. The van der Waals surface area contributed by atoms with E-state index in [0.717, 1.165) is 24.0 Å². The second-order valence-electron chi connectivity index (χ2n) is 8.65. The van der Waals surface area contributed by atoms with Gasteiger partial charge in [-0.2, -0.15) is 4.31 Å². The van der Waals surface area contributed by atoms with Gasteiger partial charge in [0.15, 0.2) is 0 Å². The molecule has 0 bridgehead atoms. The first kappa shape index (κ1) is 24.4. The highest BCUT2D eigenvalue weighted by Crippen LogP contribution is 2.36. The van der Waals surface area contributed by atoms with Crippen molar-refractivity contribution in [3.63, 3.8) is 0 Å². The summed E-state index contributed by atoms with van der Waals surface area (Å²) in [5, 5.41) is 5.64. The van der Waals surface area contributed by atoms with Crippen LogP contribution in [0.25, 0.3) is 0 Å². The smallest absolute Gasteiger partial charge is 0.243 e. The van der Waals surface area contributed by atoms with E-state index in [0.29, 0.717) is 31.7 Å². The molecule has 8 nitrogen and oxygen atoms in total. The second kappa shape index (κ2) is 10.7. The van der Waals surface area contributed by atoms with Crippen molar-refractivity contribution in [3.05, 3.63) is 59.7 Å². The number of carbonyl (C=O) groups excluding carboxylic acids is 2. The topological polar surface area (TPSA) is 105 Å². The van der Waals surface area contributed by atoms with Gasteiger partial charge in [0.05, 0.1) is 17.0 Å². The highest BCUT2D eigenvalue weighted by molar-refractivity contribution is 7.89. The third kappa shape index (κ3) is 5.48. The normalized spacial score (nSPS) is 20.5. The first-order valence-electron chi connectivity index (χ1n) is 11.8. The van der Waals surface area contributed by atoms with Crippen molar-refractivity contribution < 1.29 is 22.7 Å². The molecular weight excluding hydrogens is 454 g/mol. The average Bonchev–Trinajstić information content (AvgIpc) is 3.37. The summed E-state index contributed by atoms with van der Waals surface area (Å²) in [4.78, 5) is 24.6. The van der Waals surface area contributed by atoms with Crippen LogP contribution in [0.1, 0.15) is 49.8 Å². The van der Waals surface area contributed by atoms with Crippen LogP contribution >= 0.6 is 0 Å². The zero-order valence-electron chi connectivity index (χ0n) is 19.3. The Bertz CT molecular complexity index is 1130. The molecule has 2 N–H and O–H groups in total. The fourth-order valence-electron chi connectivity index (χ4n) is 4.50. The van der Waals surface area contributed by atoms with Gasteiger partial charge >= 0.3 is 0 Å². The summed E-state index contributed by atoms with van der Waals surface area (Å²) in [6, 6.07) is 13.3. The molecule has 1 fully saturated rings. The SMILES string of the molecule is CCC(=O)Nc1ccc(S(=O)(=O)N2CCc3ccccc3[C@@H]2CC(=O)NC[C@H]2CCCO2)cc1. The zero-order chi connectivity index (χ0) is 24.1. The number of anilines is 1. The number of rotatable bonds is 8. The minimum Gasteiger partial charge on any atom is -0.376 e. The standard InChI is InChI=1S/C25H31N3O5S/c1-2-24(29)27-19-9-11-21(12-10-19)34(31,32)28-14-13-18-6-3-4-8-22(18)23(28)16-25(30)26-17-20-7-5-15-33-20/h3-4,6,8-12,20,23H,2,5,7,13-17H2,1H3,(H,26,30)(H,27,29)/t20-,23+/m1/s1. The second-order valence-corrected chi connectivity index (χ2v) is 10.5. The van der Waals surface area contributed by atoms with Gasteiger partial charge < -0.3 is 15.4 Å². The number of benzene rings is 2. The summed E-state index contributed by atoms with van der Waals surface area (Å²) in [7, 11) is -3.86. The van der Waals surface area contributed by atoms with Crippen molar-refractivity contribution >= 4 is 27.5 Å². The fourth-order valence-corrected chi connectivity index (χ4v) is 6.11. The Morgan fingerprint density at radius 3 is 2.56 bits per heavy atom. The molecule has 2 heterocycles. The summed E-state index contributed by atoms with van der Waals surface area (Å²) < 4.78 is 34.3. The molecule has 2 aliphatic rings. The van der Waals surface area contributed by atoms with Gasteiger partial charge in [-0.3, -0.25) is 9.59 Å². The lowest BCUT2D eigenvalue weighted by atomic mass is 9.92. The maximum atomic E-state index is 13.6. The molecule has 1 saturated heterocycles. The zero-order valence-corrected chi connectivity index (χ0v) is 20.1. The molecule has 2 aliphatic heterocycles. The minimum absolute atomic E-state index is 0.0224. The Morgan fingerprint density at radius 1 is 1.09 bits per heavy atom. The van der Waals surface area contributed by atoms with Crippen molar-refractivity contribution in [3.8, 4) is 0 Å². The number of hydrogen-bond acceptors (Lipinski definition) is 5. The summed E-state index contributed by atoms with van der Waals surface area (Å²) in [6.45, 7) is 3.19. The number of nitrogens with one attached hydrogen (secondary N) is 2. The van der Waals surface area contributed by atoms with Gasteiger partial charge in [-0.05, 0) is 54.7 Å². The van der Waals surface area contributed by atoms with Crippen LogP contribution in [0.3, 0.4) is 0 Å². The van der Waals surface area contributed by atoms with Gasteiger partial charge in [0.1, 0.15) is 0 Å². The Morgan fingerprint density at radius 2 is 1.85 bits per heavy atom. The number of carbonyl (C=O) groups is 2. The molecule has 182 valence electrons. The molecule has 0 aliphatic carbocycles. The Balaban J connectivity index is 1.55. The lowest BCUT2D eigenvalue weighted by Gasteiger charge is -2.36. The predicted molar refractivity (Wildman–Crippen MR) is 129 cm³/mol. The Hall–Kier alpha value is -2.75. The first-order chi connectivity index (χ1) is 16.4. The quantitative estimate of drug-likeness (QED) is 0.598. The van der Waals surface area contributed by atoms with Crippen molar-refractivity contribution in [1.29, 1.82) is 0 Å². The molecule has 0 unspecified atom stereocenters. The highest BCUT2D eigenvalue weighted by atomic mass is 32.2. The average molecular weight is 486 g/mol. The van der Waals surface area contributed by atoms with Crippen LogP contribution in [0.2, 0.25) is 0 Å². The molecule has 2 amide bonds. The van der Waals surface area contributed by atoms with Crippen LogP contribution in [0.4, 0.5) is 5.69 Å². The third-order valence-electron chi connectivity index (χ3n) is 6.36. The lowest BCUT2D eigenvalue weighted by Crippen LogP contribution is -2.42. The Kier molecular flexibility index (Phi) is 7.65. The van der Waals surface area contributed by atoms with E-state index >= 15 is 0 Å². The maximum Gasteiger partial charge on any atom is 0.243 e. The van der Waals surface area contributed by atoms with E-state index in [-0.39, 0.29) is 35.8 Å². The summed E-state index contributed by atoms with van der Waals surface area (Å²) in [5.41, 5.74) is 2.46. The van der Waals surface area contributed by atoms with E-state index in [2.05, 4.69) is 10.6 Å². The molecule has 0 radical (unpaired) electrons. The number of amides is 2. The number of ether oxygens (including phenoxy) is 1. The van der Waals surface area contributed by atoms with Gasteiger partial charge in [0.25, 0.3) is 0 Å². The number of hydrogen-bond donors (Lipinski definition) is 2. The van der Waals surface area contributed by atoms with Crippen LogP contribution < -0.4 is 10.6 Å². The molecule has 0 spiro atoms. The van der Waals surface area contributed by atoms with Crippen LogP contribution in [0, 0.1) is 0 Å². The predicted octanol–water partition coefficient (Wildman–Crippen LogP) is 3.01. The number of fused-ring (bicyclic) bond motifs is 1. The van der Waals surface area contributed by atoms with Gasteiger partial charge in [-0.25, -0.2) is 8.42 Å². The van der Waals surface area contributed by atoms with Gasteiger partial charge in [0.2, 0.25) is 21.8 Å². The van der Waals surface area contributed by atoms with E-state index < -0.39 is 16.1 Å². The largest absolute Gasteiger partial charge is 0.376 e. The molecule has 2 aromatic carbocycles. The monoisotopic (exact) mass is 485 g/mol. The molecule has 34 heavy (non-hydrogen) atoms. The van der Waals surface area contributed by atoms with Gasteiger partial charge in [0, 0.05) is 38.2 Å². The van der Waals surface area contributed by atoms with Crippen LogP contribution in [-0.4, -0.2) is 50.3 Å². The lowest BCUT2D eigenvalue weighted by molar-refractivity contribution is -0.122. The molecular formula is C25H31N3O5S. The first-order valence-corrected chi connectivity index (χ1v) is 13.2. The molecule has 4 rings (SSSR count). The van der Waals surface area contributed by atoms with Crippen molar-refractivity contribution in [2.75, 3.05) is 25.0 Å². The van der Waals surface area contributed by atoms with E-state index in [1.807, 2.05) is 24.3 Å². The Labute approximate surface area is 200 Å². The van der Waals surface area contributed by atoms with Crippen molar-refractivity contribution in [2.45, 2.75) is 56.1 Å². The van der Waals surface area contributed by atoms with Crippen LogP contribution in [0.5, 0.6) is 0 Å². The number of nitrogens with zero attached hydrogens (tertiary/aromatic N) is 1. The fraction of sp³-hybridized carbons (Fsp3) is 0.440. The molecule has 0 saturated carbocycles. The van der Waals surface area contributed by atoms with E-state index in [4.69, 9.17) is 4.74 Å². The minimum atomic E-state index is -3.86. The van der Waals surface area contributed by atoms with E-state index in [1.165, 1.54) is 16.4 Å². The maximum absolute atomic E-state index is 13.6. The van der Waals surface area contributed by atoms with E-state index in [9.17, 15) is 18.0 Å². The highest BCUT2D eigenvalue weighted by Gasteiger charge is 2.37. The third-order valence-corrected chi connectivity index (χ3v) is 8.28. The molecule has 0 aromatic heterocycles. The summed E-state index contributed by atoms with van der Waals surface area (Å²) in [5.74, 6) is -0.340. The van der Waals surface area contributed by atoms with Crippen molar-refractivity contribution in [2.24, 2.45) is 0 Å². The van der Waals surface area contributed by atoms with Crippen molar-refractivity contribution in [1.82, 2.24) is 9.62 Å².